The van der Waals surface area contributed by atoms with Crippen LogP contribution < -0.4 is 4.74 Å². The van der Waals surface area contributed by atoms with Crippen molar-refractivity contribution in [2.24, 2.45) is 0 Å². The predicted octanol–water partition coefficient (Wildman–Crippen LogP) is 4.82. The van der Waals surface area contributed by atoms with Crippen molar-refractivity contribution in [1.29, 1.82) is 0 Å². The molecule has 0 radical (unpaired) electrons. The zero-order valence-corrected chi connectivity index (χ0v) is 17.7. The molecule has 0 aliphatic carbocycles. The summed E-state index contributed by atoms with van der Waals surface area (Å²) in [6.07, 6.45) is -0.658. The van der Waals surface area contributed by atoms with Crippen LogP contribution in [-0.4, -0.2) is 33.6 Å². The first-order valence-electron chi connectivity index (χ1n) is 9.48. The molecule has 2 aromatic carbocycles. The minimum absolute atomic E-state index is 0.157. The maximum Gasteiger partial charge on any atom is 0.263 e. The quantitative estimate of drug-likeness (QED) is 0.555. The maximum atomic E-state index is 12.8. The van der Waals surface area contributed by atoms with E-state index in [9.17, 15) is 4.79 Å². The Hall–Kier alpha value is -2.86. The van der Waals surface area contributed by atoms with E-state index in [2.05, 4.69) is 10.1 Å². The Morgan fingerprint density at radius 3 is 2.72 bits per heavy atom. The average molecular weight is 414 g/mol. The summed E-state index contributed by atoms with van der Waals surface area (Å²) in [6.45, 7) is 8.23. The van der Waals surface area contributed by atoms with Gasteiger partial charge in [0.1, 0.15) is 12.3 Å². The number of hydrogen-bond acceptors (Lipinski definition) is 5. The first-order chi connectivity index (χ1) is 13.9. The zero-order chi connectivity index (χ0) is 21.0. The molecule has 6 nitrogen and oxygen atoms in total. The van der Waals surface area contributed by atoms with Gasteiger partial charge < -0.3 is 14.2 Å². The highest BCUT2D eigenvalue weighted by Gasteiger charge is 2.23. The van der Waals surface area contributed by atoms with Crippen molar-refractivity contribution in [2.45, 2.75) is 40.3 Å². The average Bonchev–Trinajstić information content (AvgIpc) is 3.17. The lowest BCUT2D eigenvalue weighted by Crippen LogP contribution is -2.40. The van der Waals surface area contributed by atoms with E-state index >= 15 is 0 Å². The van der Waals surface area contributed by atoms with Crippen molar-refractivity contribution >= 4 is 17.5 Å². The van der Waals surface area contributed by atoms with Gasteiger partial charge in [0.25, 0.3) is 5.91 Å². The number of aromatic nitrogens is 2. The number of rotatable bonds is 7. The number of hydrogen-bond donors (Lipinski definition) is 0. The SMILES string of the molecule is CCN(Cc1nc(-c2cccc(C)c2)no1)C(=O)[C@@H](C)Oc1ccc(Cl)c(C)c1. The van der Waals surface area contributed by atoms with E-state index in [1.54, 1.807) is 24.0 Å². The largest absolute Gasteiger partial charge is 0.481 e. The summed E-state index contributed by atoms with van der Waals surface area (Å²) >= 11 is 6.04. The molecule has 1 heterocycles. The van der Waals surface area contributed by atoms with E-state index in [4.69, 9.17) is 20.9 Å². The first kappa shape index (κ1) is 20.9. The highest BCUT2D eigenvalue weighted by Crippen LogP contribution is 2.22. The van der Waals surface area contributed by atoms with Crippen LogP contribution in [-0.2, 0) is 11.3 Å². The molecule has 0 bridgehead atoms. The molecule has 7 heteroatoms. The summed E-state index contributed by atoms with van der Waals surface area (Å²) in [6, 6.07) is 13.2. The highest BCUT2D eigenvalue weighted by atomic mass is 35.5. The van der Waals surface area contributed by atoms with Crippen LogP contribution in [0.5, 0.6) is 5.75 Å². The van der Waals surface area contributed by atoms with E-state index in [-0.39, 0.29) is 12.5 Å². The molecule has 0 N–H and O–H groups in total. The lowest BCUT2D eigenvalue weighted by molar-refractivity contribution is -0.138. The van der Waals surface area contributed by atoms with Crippen LogP contribution in [0.15, 0.2) is 47.0 Å². The van der Waals surface area contributed by atoms with Gasteiger partial charge in [-0.15, -0.1) is 0 Å². The first-order valence-corrected chi connectivity index (χ1v) is 9.86. The summed E-state index contributed by atoms with van der Waals surface area (Å²) < 4.78 is 11.2. The second kappa shape index (κ2) is 9.09. The smallest absolute Gasteiger partial charge is 0.263 e. The van der Waals surface area contributed by atoms with Crippen LogP contribution in [0.1, 0.15) is 30.9 Å². The molecule has 0 saturated heterocycles. The molecule has 152 valence electrons. The Labute approximate surface area is 175 Å². The number of carbonyl (C=O) groups is 1. The fourth-order valence-electron chi connectivity index (χ4n) is 2.93. The number of ether oxygens (including phenoxy) is 1. The zero-order valence-electron chi connectivity index (χ0n) is 17.0. The van der Waals surface area contributed by atoms with Gasteiger partial charge in [0.05, 0.1) is 0 Å². The van der Waals surface area contributed by atoms with Crippen LogP contribution in [0.25, 0.3) is 11.4 Å². The third-order valence-corrected chi connectivity index (χ3v) is 4.98. The number of aryl methyl sites for hydroxylation is 2. The van der Waals surface area contributed by atoms with Gasteiger partial charge in [-0.3, -0.25) is 4.79 Å². The molecule has 0 fully saturated rings. The van der Waals surface area contributed by atoms with Gasteiger partial charge in [0.2, 0.25) is 11.7 Å². The second-order valence-corrected chi connectivity index (χ2v) is 7.31. The summed E-state index contributed by atoms with van der Waals surface area (Å²) in [5, 5.41) is 4.70. The Kier molecular flexibility index (Phi) is 6.54. The third-order valence-electron chi connectivity index (χ3n) is 4.55. The molecule has 3 rings (SSSR count). The van der Waals surface area contributed by atoms with E-state index in [1.807, 2.05) is 51.1 Å². The fraction of sp³-hybridized carbons (Fsp3) is 0.318. The second-order valence-electron chi connectivity index (χ2n) is 6.90. The van der Waals surface area contributed by atoms with Crippen molar-refractivity contribution in [2.75, 3.05) is 6.54 Å². The number of nitrogens with zero attached hydrogens (tertiary/aromatic N) is 3. The number of benzene rings is 2. The monoisotopic (exact) mass is 413 g/mol. The Balaban J connectivity index is 1.67. The predicted molar refractivity (Wildman–Crippen MR) is 112 cm³/mol. The molecule has 1 aromatic heterocycles. The van der Waals surface area contributed by atoms with Gasteiger partial charge in [-0.25, -0.2) is 0 Å². The molecule has 3 aromatic rings. The highest BCUT2D eigenvalue weighted by molar-refractivity contribution is 6.31. The van der Waals surface area contributed by atoms with Crippen LogP contribution in [0.3, 0.4) is 0 Å². The van der Waals surface area contributed by atoms with Gasteiger partial charge >= 0.3 is 0 Å². The number of amides is 1. The minimum atomic E-state index is -0.658. The van der Waals surface area contributed by atoms with E-state index in [0.717, 1.165) is 16.7 Å². The molecule has 1 atom stereocenters. The van der Waals surface area contributed by atoms with Crippen molar-refractivity contribution in [3.8, 4) is 17.1 Å². The van der Waals surface area contributed by atoms with Gasteiger partial charge in [-0.1, -0.05) is 40.5 Å². The topological polar surface area (TPSA) is 68.5 Å². The van der Waals surface area contributed by atoms with Crippen LogP contribution in [0.4, 0.5) is 0 Å². The number of carbonyl (C=O) groups excluding carboxylic acids is 1. The molecule has 0 unspecified atom stereocenters. The van der Waals surface area contributed by atoms with E-state index in [1.165, 1.54) is 0 Å². The Morgan fingerprint density at radius 1 is 1.24 bits per heavy atom. The summed E-state index contributed by atoms with van der Waals surface area (Å²) in [5.41, 5.74) is 2.89. The minimum Gasteiger partial charge on any atom is -0.481 e. The normalized spacial score (nSPS) is 11.9. The molecular weight excluding hydrogens is 390 g/mol. The van der Waals surface area contributed by atoms with Crippen LogP contribution in [0, 0.1) is 13.8 Å². The number of halogens is 1. The van der Waals surface area contributed by atoms with Gasteiger partial charge in [-0.2, -0.15) is 4.98 Å². The lowest BCUT2D eigenvalue weighted by atomic mass is 10.1. The molecule has 29 heavy (non-hydrogen) atoms. The summed E-state index contributed by atoms with van der Waals surface area (Å²) in [7, 11) is 0. The lowest BCUT2D eigenvalue weighted by Gasteiger charge is -2.23. The standard InChI is InChI=1S/C22H24ClN3O3/c1-5-26(22(27)16(4)28-18-9-10-19(23)15(3)12-18)13-20-24-21(25-29-20)17-8-6-7-14(2)11-17/h6-12,16H,5,13H2,1-4H3/t16-/m1/s1. The number of likely N-dealkylation sites (N-methyl/N-ethyl adjacent to an activating group) is 1. The Morgan fingerprint density at radius 2 is 2.03 bits per heavy atom. The van der Waals surface area contributed by atoms with Crippen molar-refractivity contribution in [3.05, 3.63) is 64.5 Å². The fourth-order valence-corrected chi connectivity index (χ4v) is 3.05. The molecule has 0 aliphatic heterocycles. The van der Waals surface area contributed by atoms with Crippen molar-refractivity contribution in [3.63, 3.8) is 0 Å². The van der Waals surface area contributed by atoms with Crippen molar-refractivity contribution < 1.29 is 14.1 Å². The van der Waals surface area contributed by atoms with Gasteiger partial charge in [-0.05, 0) is 57.5 Å². The van der Waals surface area contributed by atoms with Gasteiger partial charge in [0, 0.05) is 17.1 Å². The Bertz CT molecular complexity index is 1000. The molecule has 0 spiro atoms. The molecule has 0 aliphatic rings. The van der Waals surface area contributed by atoms with Gasteiger partial charge in [0.15, 0.2) is 6.10 Å². The maximum absolute atomic E-state index is 12.8. The van der Waals surface area contributed by atoms with E-state index in [0.29, 0.717) is 29.0 Å². The molecule has 0 saturated carbocycles. The molecule has 1 amide bonds. The van der Waals surface area contributed by atoms with E-state index < -0.39 is 6.10 Å². The van der Waals surface area contributed by atoms with Crippen molar-refractivity contribution in [1.82, 2.24) is 15.0 Å². The summed E-state index contributed by atoms with van der Waals surface area (Å²) in [5.74, 6) is 1.33. The third kappa shape index (κ3) is 5.15. The van der Waals surface area contributed by atoms with Crippen LogP contribution in [0.2, 0.25) is 5.02 Å². The van der Waals surface area contributed by atoms with Crippen LogP contribution >= 0.6 is 11.6 Å². The summed E-state index contributed by atoms with van der Waals surface area (Å²) in [4.78, 5) is 18.9. The molecular formula is C22H24ClN3O3.